The van der Waals surface area contributed by atoms with Crippen LogP contribution in [0.15, 0.2) is 42.5 Å². The predicted octanol–water partition coefficient (Wildman–Crippen LogP) is 2.02. The Morgan fingerprint density at radius 3 is 2.65 bits per heavy atom. The second kappa shape index (κ2) is 10.2. The van der Waals surface area contributed by atoms with E-state index >= 15 is 0 Å². The molecule has 1 heterocycles. The zero-order valence-corrected chi connectivity index (χ0v) is 14.8. The van der Waals surface area contributed by atoms with E-state index in [1.165, 1.54) is 18.1 Å². The summed E-state index contributed by atoms with van der Waals surface area (Å²) in [4.78, 5) is 36.8. The third-order valence-corrected chi connectivity index (χ3v) is 4.08. The SMILES string of the molecule is COC(=O)[C@H](CCCCNC(=O)OCc1ccccc1)N1CC=CC1=O. The fourth-order valence-electron chi connectivity index (χ4n) is 2.70. The van der Waals surface area contributed by atoms with Crippen molar-refractivity contribution in [3.8, 4) is 0 Å². The van der Waals surface area contributed by atoms with Crippen LogP contribution in [0, 0.1) is 0 Å². The number of nitrogens with zero attached hydrogens (tertiary/aromatic N) is 1. The van der Waals surface area contributed by atoms with Crippen molar-refractivity contribution in [1.82, 2.24) is 10.2 Å². The average Bonchev–Trinajstić information content (AvgIpc) is 3.09. The first-order chi connectivity index (χ1) is 12.6. The Hall–Kier alpha value is -2.83. The zero-order chi connectivity index (χ0) is 18.8. The van der Waals surface area contributed by atoms with Gasteiger partial charge in [0.25, 0.3) is 0 Å². The van der Waals surface area contributed by atoms with E-state index in [0.717, 1.165) is 5.56 Å². The van der Waals surface area contributed by atoms with Gasteiger partial charge in [-0.25, -0.2) is 9.59 Å². The molecule has 0 fully saturated rings. The molecule has 0 saturated heterocycles. The van der Waals surface area contributed by atoms with Gasteiger partial charge in [0.05, 0.1) is 7.11 Å². The standard InChI is InChI=1S/C19H24N2O5/c1-25-18(23)16(21-13-7-11-17(21)22)10-5-6-12-20-19(24)26-14-15-8-3-2-4-9-15/h2-4,7-9,11,16H,5-6,10,12-14H2,1H3,(H,20,24)/t16-/m0/s1. The molecule has 0 aliphatic carbocycles. The molecule has 1 aromatic carbocycles. The number of esters is 1. The number of amides is 2. The van der Waals surface area contributed by atoms with E-state index in [4.69, 9.17) is 9.47 Å². The molecule has 0 aromatic heterocycles. The van der Waals surface area contributed by atoms with Crippen LogP contribution < -0.4 is 5.32 Å². The van der Waals surface area contributed by atoms with Gasteiger partial charge in [0.15, 0.2) is 0 Å². The molecule has 7 heteroatoms. The van der Waals surface area contributed by atoms with E-state index in [-0.39, 0.29) is 12.5 Å². The maximum atomic E-state index is 11.9. The van der Waals surface area contributed by atoms with Crippen molar-refractivity contribution >= 4 is 18.0 Å². The lowest BCUT2D eigenvalue weighted by Crippen LogP contribution is -2.43. The van der Waals surface area contributed by atoms with Crippen molar-refractivity contribution in [1.29, 1.82) is 0 Å². The number of carbonyl (C=O) groups excluding carboxylic acids is 3. The predicted molar refractivity (Wildman–Crippen MR) is 95.1 cm³/mol. The minimum Gasteiger partial charge on any atom is -0.467 e. The molecule has 2 amide bonds. The van der Waals surface area contributed by atoms with Crippen LogP contribution in [0.25, 0.3) is 0 Å². The normalized spacial score (nSPS) is 14.2. The molecular weight excluding hydrogens is 336 g/mol. The van der Waals surface area contributed by atoms with Gasteiger partial charge in [-0.3, -0.25) is 4.79 Å². The lowest BCUT2D eigenvalue weighted by atomic mass is 10.1. The number of alkyl carbamates (subject to hydrolysis) is 1. The van der Waals surface area contributed by atoms with Crippen LogP contribution in [0.3, 0.4) is 0 Å². The molecule has 1 aromatic rings. The molecular formula is C19H24N2O5. The van der Waals surface area contributed by atoms with Crippen LogP contribution in [-0.2, 0) is 25.7 Å². The largest absolute Gasteiger partial charge is 0.467 e. The van der Waals surface area contributed by atoms with Gasteiger partial charge in [0.2, 0.25) is 5.91 Å². The fraction of sp³-hybridized carbons (Fsp3) is 0.421. The molecule has 26 heavy (non-hydrogen) atoms. The molecule has 2 rings (SSSR count). The lowest BCUT2D eigenvalue weighted by Gasteiger charge is -2.25. The van der Waals surface area contributed by atoms with E-state index in [2.05, 4.69) is 5.32 Å². The Bertz CT molecular complexity index is 645. The molecule has 1 aliphatic heterocycles. The number of nitrogens with one attached hydrogen (secondary N) is 1. The second-order valence-electron chi connectivity index (χ2n) is 5.92. The Labute approximate surface area is 153 Å². The Kier molecular flexibility index (Phi) is 7.67. The second-order valence-corrected chi connectivity index (χ2v) is 5.92. The summed E-state index contributed by atoms with van der Waals surface area (Å²) < 4.78 is 9.91. The van der Waals surface area contributed by atoms with Crippen molar-refractivity contribution in [2.45, 2.75) is 31.9 Å². The highest BCUT2D eigenvalue weighted by Gasteiger charge is 2.30. The molecule has 0 unspecified atom stereocenters. The smallest absolute Gasteiger partial charge is 0.407 e. The number of rotatable bonds is 9. The first-order valence-corrected chi connectivity index (χ1v) is 8.61. The summed E-state index contributed by atoms with van der Waals surface area (Å²) in [7, 11) is 1.31. The van der Waals surface area contributed by atoms with Crippen LogP contribution in [-0.4, -0.2) is 49.1 Å². The molecule has 0 spiro atoms. The summed E-state index contributed by atoms with van der Waals surface area (Å²) in [6.45, 7) is 1.08. The summed E-state index contributed by atoms with van der Waals surface area (Å²) >= 11 is 0. The number of benzene rings is 1. The number of unbranched alkanes of at least 4 members (excludes halogenated alkanes) is 1. The van der Waals surface area contributed by atoms with Gasteiger partial charge in [-0.15, -0.1) is 0 Å². The molecule has 1 aliphatic rings. The molecule has 1 N–H and O–H groups in total. The van der Waals surface area contributed by atoms with Crippen molar-refractivity contribution in [3.63, 3.8) is 0 Å². The summed E-state index contributed by atoms with van der Waals surface area (Å²) in [6.07, 6.45) is 4.53. The Morgan fingerprint density at radius 2 is 2.00 bits per heavy atom. The van der Waals surface area contributed by atoms with Crippen LogP contribution in [0.4, 0.5) is 4.79 Å². The topological polar surface area (TPSA) is 84.9 Å². The number of ether oxygens (including phenoxy) is 2. The molecule has 0 bridgehead atoms. The number of hydrogen-bond acceptors (Lipinski definition) is 5. The first kappa shape index (κ1) is 19.5. The zero-order valence-electron chi connectivity index (χ0n) is 14.8. The van der Waals surface area contributed by atoms with E-state index < -0.39 is 18.1 Å². The fourth-order valence-corrected chi connectivity index (χ4v) is 2.70. The van der Waals surface area contributed by atoms with Gasteiger partial charge in [-0.1, -0.05) is 36.4 Å². The summed E-state index contributed by atoms with van der Waals surface area (Å²) in [5.41, 5.74) is 0.924. The van der Waals surface area contributed by atoms with Crippen LogP contribution in [0.1, 0.15) is 24.8 Å². The third kappa shape index (κ3) is 5.91. The maximum Gasteiger partial charge on any atom is 0.407 e. The third-order valence-electron chi connectivity index (χ3n) is 4.08. The minimum absolute atomic E-state index is 0.178. The van der Waals surface area contributed by atoms with Crippen molar-refractivity contribution in [2.75, 3.05) is 20.2 Å². The summed E-state index contributed by atoms with van der Waals surface area (Å²) in [5, 5.41) is 2.68. The van der Waals surface area contributed by atoms with Crippen molar-refractivity contribution in [3.05, 3.63) is 48.0 Å². The van der Waals surface area contributed by atoms with Gasteiger partial charge in [-0.2, -0.15) is 0 Å². The highest BCUT2D eigenvalue weighted by atomic mass is 16.5. The minimum atomic E-state index is -0.590. The lowest BCUT2D eigenvalue weighted by molar-refractivity contribution is -0.150. The van der Waals surface area contributed by atoms with E-state index in [1.54, 1.807) is 6.08 Å². The average molecular weight is 360 g/mol. The highest BCUT2D eigenvalue weighted by Crippen LogP contribution is 2.15. The molecule has 0 saturated carbocycles. The van der Waals surface area contributed by atoms with Gasteiger partial charge in [-0.05, 0) is 24.8 Å². The Balaban J connectivity index is 1.64. The first-order valence-electron chi connectivity index (χ1n) is 8.61. The molecule has 140 valence electrons. The quantitative estimate of drug-likeness (QED) is 0.538. The van der Waals surface area contributed by atoms with Gasteiger partial charge in [0, 0.05) is 19.2 Å². The van der Waals surface area contributed by atoms with Crippen LogP contribution in [0.5, 0.6) is 0 Å². The van der Waals surface area contributed by atoms with Crippen LogP contribution in [0.2, 0.25) is 0 Å². The van der Waals surface area contributed by atoms with E-state index in [9.17, 15) is 14.4 Å². The summed E-state index contributed by atoms with van der Waals surface area (Å²) in [6, 6.07) is 8.84. The van der Waals surface area contributed by atoms with Gasteiger partial charge >= 0.3 is 12.1 Å². The van der Waals surface area contributed by atoms with Gasteiger partial charge in [0.1, 0.15) is 12.6 Å². The molecule has 0 radical (unpaired) electrons. The van der Waals surface area contributed by atoms with E-state index in [1.807, 2.05) is 30.3 Å². The van der Waals surface area contributed by atoms with Crippen molar-refractivity contribution in [2.24, 2.45) is 0 Å². The monoisotopic (exact) mass is 360 g/mol. The van der Waals surface area contributed by atoms with Crippen LogP contribution >= 0.6 is 0 Å². The van der Waals surface area contributed by atoms with E-state index in [0.29, 0.717) is 32.4 Å². The summed E-state index contributed by atoms with van der Waals surface area (Å²) in [5.74, 6) is -0.597. The Morgan fingerprint density at radius 1 is 1.23 bits per heavy atom. The number of carbonyl (C=O) groups is 3. The van der Waals surface area contributed by atoms with Gasteiger partial charge < -0.3 is 19.7 Å². The number of methoxy groups -OCH3 is 1. The molecule has 7 nitrogen and oxygen atoms in total. The maximum absolute atomic E-state index is 11.9. The van der Waals surface area contributed by atoms with Crippen molar-refractivity contribution < 1.29 is 23.9 Å². The molecule has 1 atom stereocenters. The highest BCUT2D eigenvalue weighted by molar-refractivity contribution is 5.93. The number of hydrogen-bond donors (Lipinski definition) is 1.